The van der Waals surface area contributed by atoms with Crippen LogP contribution in [0.2, 0.25) is 0 Å². The summed E-state index contributed by atoms with van der Waals surface area (Å²) >= 11 is 1.68. The molecule has 3 N–H and O–H groups in total. The van der Waals surface area contributed by atoms with Gasteiger partial charge >= 0.3 is 0 Å². The van der Waals surface area contributed by atoms with Crippen LogP contribution in [-0.4, -0.2) is 113 Å². The van der Waals surface area contributed by atoms with Crippen molar-refractivity contribution in [2.75, 3.05) is 50.9 Å². The molecule has 0 unspecified atom stereocenters. The number of carbonyl (C=O) groups excluding carboxylic acids is 2. The van der Waals surface area contributed by atoms with Crippen molar-refractivity contribution in [3.63, 3.8) is 0 Å². The number of rotatable bonds is 13. The van der Waals surface area contributed by atoms with Gasteiger partial charge < -0.3 is 20.1 Å². The van der Waals surface area contributed by atoms with Crippen molar-refractivity contribution < 1.29 is 23.8 Å². The molecule has 1 atom stereocenters. The smallest absolute Gasteiger partial charge is 0.237 e. The van der Waals surface area contributed by atoms with Crippen LogP contribution in [0, 0.1) is 5.82 Å². The van der Waals surface area contributed by atoms with Gasteiger partial charge in [-0.3, -0.25) is 24.3 Å². The first kappa shape index (κ1) is 37.2. The van der Waals surface area contributed by atoms with Gasteiger partial charge in [-0.2, -0.15) is 22.0 Å². The zero-order valence-corrected chi connectivity index (χ0v) is 31.4. The minimum Gasteiger partial charge on any atom is -0.475 e. The molecule has 1 fully saturated rings. The third-order valence-electron chi connectivity index (χ3n) is 9.89. The number of aromatic nitrogens is 6. The number of nitrogens with zero attached hydrogens (tertiary/aromatic N) is 7. The highest BCUT2D eigenvalue weighted by atomic mass is 32.2. The summed E-state index contributed by atoms with van der Waals surface area (Å²) in [7, 11) is 0. The van der Waals surface area contributed by atoms with E-state index in [9.17, 15) is 9.59 Å². The fraction of sp³-hybridized carbons (Fsp3) is 0.385. The lowest BCUT2D eigenvalue weighted by molar-refractivity contribution is -0.131. The van der Waals surface area contributed by atoms with E-state index in [4.69, 9.17) is 9.84 Å². The van der Waals surface area contributed by atoms with Gasteiger partial charge in [0, 0.05) is 66.2 Å². The van der Waals surface area contributed by atoms with Crippen molar-refractivity contribution in [1.82, 2.24) is 39.7 Å². The number of thioether (sulfide) groups is 1. The molecule has 0 aliphatic carbocycles. The Balaban J connectivity index is 0.923. The average Bonchev–Trinajstić information content (AvgIpc) is 3.91. The third-order valence-corrected chi connectivity index (χ3v) is 11.2. The van der Waals surface area contributed by atoms with Crippen molar-refractivity contribution in [1.29, 1.82) is 0 Å². The summed E-state index contributed by atoms with van der Waals surface area (Å²) in [5.41, 5.74) is 5.17. The van der Waals surface area contributed by atoms with Crippen molar-refractivity contribution in [3.8, 4) is 28.5 Å². The van der Waals surface area contributed by atoms with Crippen molar-refractivity contribution in [3.05, 3.63) is 78.5 Å². The SMILES string of the molecule is CS[C@@]1(CC(=O)Nc2ccc3[nH]nc(-c4ccc(OC(C)C)nc4)c3c2)CCN(CC(=O)N2CC=C(c3ccc(-c4ncn(CCO)n4)c(F)c3)CC2)C1. The summed E-state index contributed by atoms with van der Waals surface area (Å²) in [6.07, 6.45) is 8.99. The number of amides is 2. The normalized spacial score (nSPS) is 17.7. The van der Waals surface area contributed by atoms with Crippen LogP contribution < -0.4 is 10.1 Å². The van der Waals surface area contributed by atoms with Gasteiger partial charge in [-0.15, -0.1) is 0 Å². The maximum atomic E-state index is 15.1. The lowest BCUT2D eigenvalue weighted by Crippen LogP contribution is -2.43. The predicted octanol–water partition coefficient (Wildman–Crippen LogP) is 5.25. The van der Waals surface area contributed by atoms with E-state index in [2.05, 4.69) is 35.5 Å². The molecule has 5 aromatic rings. The van der Waals surface area contributed by atoms with Crippen LogP contribution in [0.1, 0.15) is 38.7 Å². The number of halogens is 1. The number of pyridine rings is 1. The van der Waals surface area contributed by atoms with Gasteiger partial charge in [0.15, 0.2) is 5.82 Å². The van der Waals surface area contributed by atoms with Crippen molar-refractivity contribution >= 4 is 45.7 Å². The second-order valence-corrected chi connectivity index (χ2v) is 15.3. The van der Waals surface area contributed by atoms with Crippen molar-refractivity contribution in [2.24, 2.45) is 0 Å². The molecule has 0 saturated carbocycles. The maximum Gasteiger partial charge on any atom is 0.237 e. The molecule has 0 spiro atoms. The monoisotopic (exact) mass is 753 g/mol. The van der Waals surface area contributed by atoms with Crippen LogP contribution in [0.3, 0.4) is 0 Å². The number of nitrogens with one attached hydrogen (secondary N) is 2. The molecule has 2 aromatic carbocycles. The van der Waals surface area contributed by atoms with E-state index in [0.29, 0.717) is 56.2 Å². The number of fused-ring (bicyclic) bond motifs is 1. The largest absolute Gasteiger partial charge is 0.475 e. The summed E-state index contributed by atoms with van der Waals surface area (Å²) in [6, 6.07) is 14.5. The number of carbonyl (C=O) groups is 2. The molecule has 15 heteroatoms. The number of H-pyrrole nitrogens is 1. The van der Waals surface area contributed by atoms with E-state index in [1.165, 1.54) is 17.1 Å². The quantitative estimate of drug-likeness (QED) is 0.145. The first-order chi connectivity index (χ1) is 26.1. The number of likely N-dealkylation sites (tertiary alicyclic amines) is 1. The molecule has 3 aromatic heterocycles. The van der Waals surface area contributed by atoms with Crippen LogP contribution in [0.4, 0.5) is 10.1 Å². The van der Waals surface area contributed by atoms with Gasteiger partial charge in [0.2, 0.25) is 17.7 Å². The van der Waals surface area contributed by atoms with E-state index in [1.54, 1.807) is 24.0 Å². The summed E-state index contributed by atoms with van der Waals surface area (Å²) in [5.74, 6) is 0.359. The topological polar surface area (TPSA) is 154 Å². The second kappa shape index (κ2) is 16.1. The molecule has 282 valence electrons. The van der Waals surface area contributed by atoms with Crippen LogP contribution >= 0.6 is 11.8 Å². The first-order valence-corrected chi connectivity index (χ1v) is 19.3. The third kappa shape index (κ3) is 8.32. The van der Waals surface area contributed by atoms with Crippen LogP contribution in [0.25, 0.3) is 39.1 Å². The molecule has 54 heavy (non-hydrogen) atoms. The summed E-state index contributed by atoms with van der Waals surface area (Å²) in [6.45, 7) is 6.76. The Morgan fingerprint density at radius 3 is 2.69 bits per heavy atom. The maximum absolute atomic E-state index is 15.1. The highest BCUT2D eigenvalue weighted by Crippen LogP contribution is 2.38. The number of anilines is 1. The Morgan fingerprint density at radius 2 is 1.96 bits per heavy atom. The Morgan fingerprint density at radius 1 is 1.11 bits per heavy atom. The first-order valence-electron chi connectivity index (χ1n) is 18.1. The number of aromatic amines is 1. The van der Waals surface area contributed by atoms with Gasteiger partial charge in [0.1, 0.15) is 17.8 Å². The summed E-state index contributed by atoms with van der Waals surface area (Å²) in [4.78, 5) is 39.4. The fourth-order valence-corrected chi connectivity index (χ4v) is 7.94. The van der Waals surface area contributed by atoms with Crippen LogP contribution in [-0.2, 0) is 16.1 Å². The molecule has 1 saturated heterocycles. The average molecular weight is 754 g/mol. The number of aliphatic hydroxyl groups excluding tert-OH is 1. The van der Waals surface area contributed by atoms with Crippen molar-refractivity contribution in [2.45, 2.75) is 50.5 Å². The highest BCUT2D eigenvalue weighted by molar-refractivity contribution is 8.00. The molecule has 5 heterocycles. The minimum absolute atomic E-state index is 0.0283. The Bertz CT molecular complexity index is 2170. The lowest BCUT2D eigenvalue weighted by Gasteiger charge is -2.30. The molecule has 2 aliphatic rings. The summed E-state index contributed by atoms with van der Waals surface area (Å²) in [5, 5.41) is 24.9. The number of ether oxygens (including phenoxy) is 1. The molecule has 2 amide bonds. The lowest BCUT2D eigenvalue weighted by atomic mass is 9.98. The Hall–Kier alpha value is -5.12. The molecule has 13 nitrogen and oxygen atoms in total. The predicted molar refractivity (Wildman–Crippen MR) is 207 cm³/mol. The number of benzene rings is 2. The van der Waals surface area contributed by atoms with E-state index in [1.807, 2.05) is 67.5 Å². The standard InChI is InChI=1S/C39H44FN9O4S/c1-25(2)53-35-9-5-28(21-41-35)37-31-19-29(6-8-33(31)44-45-37)43-34(51)20-39(54-3)12-15-47(23-39)22-36(52)48-13-10-26(11-14-48)27-4-7-30(32(40)18-27)38-42-24-49(46-38)16-17-50/h4-10,18-19,21,24-25,50H,11-17,20,22-23H2,1-3H3,(H,43,51)(H,44,45)/t39-/m1/s1. The van der Waals surface area contributed by atoms with Gasteiger partial charge in [0.25, 0.3) is 0 Å². The van der Waals surface area contributed by atoms with E-state index in [0.717, 1.165) is 46.3 Å². The van der Waals surface area contributed by atoms with E-state index < -0.39 is 5.82 Å². The molecular formula is C39H44FN9O4S. The Labute approximate surface area is 317 Å². The number of hydrogen-bond acceptors (Lipinski definition) is 10. The fourth-order valence-electron chi connectivity index (χ4n) is 7.06. The van der Waals surface area contributed by atoms with Gasteiger partial charge in [-0.05, 0) is 80.5 Å². The molecule has 7 rings (SSSR count). The van der Waals surface area contributed by atoms with Crippen LogP contribution in [0.15, 0.2) is 67.1 Å². The number of aliphatic hydroxyl groups is 1. The zero-order chi connectivity index (χ0) is 37.8. The molecule has 0 bridgehead atoms. The van der Waals surface area contributed by atoms with E-state index >= 15 is 4.39 Å². The molecular weight excluding hydrogens is 710 g/mol. The van der Waals surface area contributed by atoms with Gasteiger partial charge in [-0.1, -0.05) is 12.1 Å². The number of hydrogen-bond donors (Lipinski definition) is 3. The second-order valence-electron chi connectivity index (χ2n) is 14.0. The van der Waals surface area contributed by atoms with Gasteiger partial charge in [-0.25, -0.2) is 14.4 Å². The highest BCUT2D eigenvalue weighted by Gasteiger charge is 2.40. The van der Waals surface area contributed by atoms with Crippen LogP contribution in [0.5, 0.6) is 5.88 Å². The summed E-state index contributed by atoms with van der Waals surface area (Å²) < 4.78 is 21.9. The Kier molecular flexibility index (Phi) is 11.1. The minimum atomic E-state index is -0.422. The van der Waals surface area contributed by atoms with E-state index in [-0.39, 0.29) is 41.6 Å². The molecule has 2 aliphatic heterocycles. The van der Waals surface area contributed by atoms with Gasteiger partial charge in [0.05, 0.1) is 36.9 Å². The zero-order valence-electron chi connectivity index (χ0n) is 30.6. The molecule has 0 radical (unpaired) electrons.